The van der Waals surface area contributed by atoms with Gasteiger partial charge in [0, 0.05) is 5.56 Å². The number of amides is 3. The Kier molecular flexibility index (Phi) is 4.43. The van der Waals surface area contributed by atoms with Crippen molar-refractivity contribution in [1.82, 2.24) is 10.2 Å². The van der Waals surface area contributed by atoms with Crippen LogP contribution in [0.2, 0.25) is 0 Å². The molecule has 23 heavy (non-hydrogen) atoms. The molecular formula is C16H20F2N2O3. The zero-order chi connectivity index (χ0) is 17.4. The van der Waals surface area contributed by atoms with Crippen LogP contribution in [0.3, 0.4) is 0 Å². The molecule has 1 aliphatic heterocycles. The van der Waals surface area contributed by atoms with E-state index in [1.807, 2.05) is 0 Å². The summed E-state index contributed by atoms with van der Waals surface area (Å²) in [5.41, 5.74) is -3.15. The fourth-order valence-corrected chi connectivity index (χ4v) is 2.67. The molecule has 1 unspecified atom stereocenters. The summed E-state index contributed by atoms with van der Waals surface area (Å²) in [6, 6.07) is 2.00. The first-order valence-corrected chi connectivity index (χ1v) is 7.49. The Labute approximate surface area is 133 Å². The van der Waals surface area contributed by atoms with Crippen molar-refractivity contribution in [3.63, 3.8) is 0 Å². The van der Waals surface area contributed by atoms with E-state index >= 15 is 0 Å². The number of β-amino-alcohol motifs (C(OH)–C–C–N with tert-alkyl or cyclic N) is 1. The minimum absolute atomic E-state index is 0.197. The number of nitrogens with zero attached hydrogens (tertiary/aromatic N) is 1. The number of benzene rings is 1. The average molecular weight is 326 g/mol. The maximum atomic E-state index is 14.0. The summed E-state index contributed by atoms with van der Waals surface area (Å²) in [4.78, 5) is 25.7. The first-order valence-electron chi connectivity index (χ1n) is 7.49. The normalized spacial score (nSPS) is 21.7. The molecule has 0 spiro atoms. The predicted molar refractivity (Wildman–Crippen MR) is 79.5 cm³/mol. The molecule has 2 N–H and O–H groups in total. The minimum atomic E-state index is -1.70. The minimum Gasteiger partial charge on any atom is -0.388 e. The topological polar surface area (TPSA) is 69.6 Å². The van der Waals surface area contributed by atoms with Crippen LogP contribution in [0, 0.1) is 11.6 Å². The third-order valence-corrected chi connectivity index (χ3v) is 4.51. The van der Waals surface area contributed by atoms with Crippen LogP contribution in [-0.4, -0.2) is 34.1 Å². The number of carbonyl (C=O) groups excluding carboxylic acids is 2. The molecule has 1 fully saturated rings. The van der Waals surface area contributed by atoms with Gasteiger partial charge in [0.25, 0.3) is 5.91 Å². The SMILES string of the molecule is CCC(O)(CC)CN1C(=O)NC(C)(c2cc(F)ccc2F)C1=O. The van der Waals surface area contributed by atoms with Gasteiger partial charge in [-0.1, -0.05) is 13.8 Å². The lowest BCUT2D eigenvalue weighted by Crippen LogP contribution is -2.46. The zero-order valence-electron chi connectivity index (χ0n) is 13.3. The summed E-state index contributed by atoms with van der Waals surface area (Å²) in [5, 5.41) is 12.8. The Hall–Kier alpha value is -2.02. The van der Waals surface area contributed by atoms with Gasteiger partial charge >= 0.3 is 6.03 Å². The second kappa shape index (κ2) is 5.88. The molecule has 0 bridgehead atoms. The van der Waals surface area contributed by atoms with E-state index in [0.29, 0.717) is 12.8 Å². The molecule has 7 heteroatoms. The molecule has 0 radical (unpaired) electrons. The monoisotopic (exact) mass is 326 g/mol. The number of halogens is 2. The van der Waals surface area contributed by atoms with Crippen LogP contribution < -0.4 is 5.32 Å². The Bertz CT molecular complexity index is 646. The van der Waals surface area contributed by atoms with Gasteiger partial charge in [-0.3, -0.25) is 9.69 Å². The van der Waals surface area contributed by atoms with Crippen molar-refractivity contribution >= 4 is 11.9 Å². The summed E-state index contributed by atoms with van der Waals surface area (Å²) < 4.78 is 27.5. The quantitative estimate of drug-likeness (QED) is 0.816. The Morgan fingerprint density at radius 3 is 2.43 bits per heavy atom. The fraction of sp³-hybridized carbons (Fsp3) is 0.500. The molecule has 0 aliphatic carbocycles. The standard InChI is InChI=1S/C16H20F2N2O3/c1-4-16(23,5-2)9-20-13(21)15(3,19-14(20)22)11-8-10(17)6-7-12(11)18/h6-8,23H,4-5,9H2,1-3H3,(H,19,22). The fourth-order valence-electron chi connectivity index (χ4n) is 2.67. The Balaban J connectivity index is 2.39. The molecule has 0 saturated carbocycles. The van der Waals surface area contributed by atoms with Crippen molar-refractivity contribution in [2.45, 2.75) is 44.8 Å². The van der Waals surface area contributed by atoms with E-state index < -0.39 is 34.7 Å². The van der Waals surface area contributed by atoms with Gasteiger partial charge < -0.3 is 10.4 Å². The molecular weight excluding hydrogens is 306 g/mol. The van der Waals surface area contributed by atoms with Gasteiger partial charge in [0.05, 0.1) is 12.1 Å². The molecule has 1 atom stereocenters. The molecule has 1 heterocycles. The van der Waals surface area contributed by atoms with Crippen molar-refractivity contribution in [3.05, 3.63) is 35.4 Å². The zero-order valence-corrected chi connectivity index (χ0v) is 13.3. The molecule has 1 aromatic carbocycles. The van der Waals surface area contributed by atoms with Crippen LogP contribution in [0.5, 0.6) is 0 Å². The van der Waals surface area contributed by atoms with Gasteiger partial charge in [-0.05, 0) is 38.0 Å². The molecule has 5 nitrogen and oxygen atoms in total. The highest BCUT2D eigenvalue weighted by molar-refractivity contribution is 6.07. The number of aliphatic hydroxyl groups is 1. The van der Waals surface area contributed by atoms with E-state index in [1.165, 1.54) is 6.92 Å². The van der Waals surface area contributed by atoms with Crippen LogP contribution in [0.1, 0.15) is 39.2 Å². The van der Waals surface area contributed by atoms with Crippen molar-refractivity contribution in [3.8, 4) is 0 Å². The molecule has 1 aliphatic rings. The lowest BCUT2D eigenvalue weighted by Gasteiger charge is -2.29. The molecule has 1 saturated heterocycles. The summed E-state index contributed by atoms with van der Waals surface area (Å²) in [5.74, 6) is -2.21. The van der Waals surface area contributed by atoms with Gasteiger partial charge in [0.1, 0.15) is 17.2 Å². The summed E-state index contributed by atoms with van der Waals surface area (Å²) >= 11 is 0. The molecule has 2 rings (SSSR count). The molecule has 126 valence electrons. The van der Waals surface area contributed by atoms with E-state index in [-0.39, 0.29) is 12.1 Å². The Morgan fingerprint density at radius 1 is 1.26 bits per heavy atom. The number of urea groups is 1. The van der Waals surface area contributed by atoms with Crippen molar-refractivity contribution in [2.75, 3.05) is 6.54 Å². The third kappa shape index (κ3) is 2.93. The average Bonchev–Trinajstić information content (AvgIpc) is 2.73. The van der Waals surface area contributed by atoms with E-state index in [9.17, 15) is 23.5 Å². The number of hydrogen-bond acceptors (Lipinski definition) is 3. The van der Waals surface area contributed by atoms with Gasteiger partial charge in [0.2, 0.25) is 0 Å². The van der Waals surface area contributed by atoms with Gasteiger partial charge in [-0.15, -0.1) is 0 Å². The molecule has 0 aromatic heterocycles. The second-order valence-corrected chi connectivity index (χ2v) is 6.00. The maximum Gasteiger partial charge on any atom is 0.325 e. The highest BCUT2D eigenvalue weighted by Crippen LogP contribution is 2.32. The van der Waals surface area contributed by atoms with Crippen LogP contribution in [-0.2, 0) is 10.3 Å². The smallest absolute Gasteiger partial charge is 0.325 e. The number of rotatable bonds is 5. The second-order valence-electron chi connectivity index (χ2n) is 6.00. The highest BCUT2D eigenvalue weighted by atomic mass is 19.1. The lowest BCUT2D eigenvalue weighted by molar-refractivity contribution is -0.133. The number of hydrogen-bond donors (Lipinski definition) is 2. The van der Waals surface area contributed by atoms with Gasteiger partial charge in [-0.2, -0.15) is 0 Å². The van der Waals surface area contributed by atoms with E-state index in [0.717, 1.165) is 23.1 Å². The van der Waals surface area contributed by atoms with Crippen molar-refractivity contribution in [2.24, 2.45) is 0 Å². The largest absolute Gasteiger partial charge is 0.388 e. The van der Waals surface area contributed by atoms with Gasteiger partial charge in [-0.25, -0.2) is 13.6 Å². The summed E-state index contributed by atoms with van der Waals surface area (Å²) in [7, 11) is 0. The number of carbonyl (C=O) groups is 2. The van der Waals surface area contributed by atoms with E-state index in [2.05, 4.69) is 5.32 Å². The first-order chi connectivity index (χ1) is 10.7. The maximum absolute atomic E-state index is 14.0. The van der Waals surface area contributed by atoms with Crippen LogP contribution in [0.15, 0.2) is 18.2 Å². The number of imide groups is 1. The van der Waals surface area contributed by atoms with Crippen LogP contribution >= 0.6 is 0 Å². The van der Waals surface area contributed by atoms with Crippen molar-refractivity contribution in [1.29, 1.82) is 0 Å². The third-order valence-electron chi connectivity index (χ3n) is 4.51. The molecule has 1 aromatic rings. The first kappa shape index (κ1) is 17.3. The Morgan fingerprint density at radius 2 is 1.87 bits per heavy atom. The van der Waals surface area contributed by atoms with Crippen LogP contribution in [0.4, 0.5) is 13.6 Å². The summed E-state index contributed by atoms with van der Waals surface area (Å²) in [6.45, 7) is 4.61. The summed E-state index contributed by atoms with van der Waals surface area (Å²) in [6.07, 6.45) is 0.706. The van der Waals surface area contributed by atoms with Crippen molar-refractivity contribution < 1.29 is 23.5 Å². The van der Waals surface area contributed by atoms with E-state index in [4.69, 9.17) is 0 Å². The highest BCUT2D eigenvalue weighted by Gasteiger charge is 2.51. The van der Waals surface area contributed by atoms with Crippen LogP contribution in [0.25, 0.3) is 0 Å². The lowest BCUT2D eigenvalue weighted by atomic mass is 9.90. The van der Waals surface area contributed by atoms with Gasteiger partial charge in [0.15, 0.2) is 0 Å². The molecule has 3 amide bonds. The number of nitrogens with one attached hydrogen (secondary N) is 1. The predicted octanol–water partition coefficient (Wildman–Crippen LogP) is 2.28. The van der Waals surface area contributed by atoms with E-state index in [1.54, 1.807) is 13.8 Å².